The summed E-state index contributed by atoms with van der Waals surface area (Å²) in [6, 6.07) is 6.26. The molecular formula is C10H9BrN2. The Kier molecular flexibility index (Phi) is 2.24. The average Bonchev–Trinajstić information content (AvgIpc) is 2.17. The first-order chi connectivity index (χ1) is 6.29. The van der Waals surface area contributed by atoms with Gasteiger partial charge >= 0.3 is 0 Å². The number of nitrogens with zero attached hydrogens (tertiary/aromatic N) is 2. The number of fused-ring (bicyclic) bond motifs is 1. The van der Waals surface area contributed by atoms with Gasteiger partial charge in [0.05, 0.1) is 6.54 Å². The summed E-state index contributed by atoms with van der Waals surface area (Å²) in [4.78, 5) is 1.79. The lowest BCUT2D eigenvalue weighted by molar-refractivity contribution is 0.368. The minimum Gasteiger partial charge on any atom is -0.306 e. The van der Waals surface area contributed by atoms with Crippen molar-refractivity contribution in [3.63, 3.8) is 0 Å². The van der Waals surface area contributed by atoms with E-state index < -0.39 is 0 Å². The van der Waals surface area contributed by atoms with E-state index >= 15 is 0 Å². The van der Waals surface area contributed by atoms with Gasteiger partial charge in [0.1, 0.15) is 0 Å². The van der Waals surface area contributed by atoms with Gasteiger partial charge in [0.2, 0.25) is 0 Å². The van der Waals surface area contributed by atoms with Gasteiger partial charge in [0.15, 0.2) is 6.19 Å². The molecule has 0 saturated heterocycles. The molecular weight excluding hydrogens is 228 g/mol. The summed E-state index contributed by atoms with van der Waals surface area (Å²) in [5.41, 5.74) is 2.64. The fraction of sp³-hybridized carbons (Fsp3) is 0.300. The predicted octanol–water partition coefficient (Wildman–Crippen LogP) is 2.29. The van der Waals surface area contributed by atoms with Crippen LogP contribution in [0.25, 0.3) is 0 Å². The summed E-state index contributed by atoms with van der Waals surface area (Å²) in [5, 5.41) is 8.74. The molecule has 0 unspecified atom stereocenters. The summed E-state index contributed by atoms with van der Waals surface area (Å²) in [5.74, 6) is 0. The second kappa shape index (κ2) is 3.39. The van der Waals surface area contributed by atoms with E-state index in [2.05, 4.69) is 34.3 Å². The van der Waals surface area contributed by atoms with Crippen LogP contribution in [0.2, 0.25) is 0 Å². The molecule has 0 aliphatic carbocycles. The molecule has 3 heteroatoms. The summed E-state index contributed by atoms with van der Waals surface area (Å²) >= 11 is 3.44. The summed E-state index contributed by atoms with van der Waals surface area (Å²) < 4.78 is 1.12. The van der Waals surface area contributed by atoms with Gasteiger partial charge in [0, 0.05) is 11.0 Å². The monoisotopic (exact) mass is 236 g/mol. The van der Waals surface area contributed by atoms with Gasteiger partial charge in [-0.05, 0) is 29.7 Å². The highest BCUT2D eigenvalue weighted by Crippen LogP contribution is 2.22. The lowest BCUT2D eigenvalue weighted by Crippen LogP contribution is -2.25. The lowest BCUT2D eigenvalue weighted by Gasteiger charge is -2.23. The summed E-state index contributed by atoms with van der Waals surface area (Å²) in [7, 11) is 0. The van der Waals surface area contributed by atoms with E-state index in [1.54, 1.807) is 4.90 Å². The molecule has 2 nitrogen and oxygen atoms in total. The van der Waals surface area contributed by atoms with E-state index in [9.17, 15) is 0 Å². The van der Waals surface area contributed by atoms with Crippen LogP contribution in [0.4, 0.5) is 0 Å². The maximum atomic E-state index is 8.74. The minimum atomic E-state index is 0.763. The highest BCUT2D eigenvalue weighted by atomic mass is 79.9. The molecule has 66 valence electrons. The van der Waals surface area contributed by atoms with Crippen LogP contribution in [-0.4, -0.2) is 11.4 Å². The predicted molar refractivity (Wildman–Crippen MR) is 53.9 cm³/mol. The van der Waals surface area contributed by atoms with Crippen molar-refractivity contribution in [3.05, 3.63) is 33.8 Å². The van der Waals surface area contributed by atoms with Crippen LogP contribution in [0.3, 0.4) is 0 Å². The molecule has 1 aliphatic rings. The first kappa shape index (κ1) is 8.58. The fourth-order valence-electron chi connectivity index (χ4n) is 1.61. The quantitative estimate of drug-likeness (QED) is 0.647. The number of hydrogen-bond acceptors (Lipinski definition) is 2. The number of benzene rings is 1. The smallest absolute Gasteiger partial charge is 0.179 e. The van der Waals surface area contributed by atoms with Gasteiger partial charge in [-0.2, -0.15) is 5.26 Å². The molecule has 0 radical (unpaired) electrons. The molecule has 1 aromatic carbocycles. The molecule has 1 aliphatic heterocycles. The van der Waals surface area contributed by atoms with E-state index in [0.717, 1.165) is 24.0 Å². The van der Waals surface area contributed by atoms with Crippen molar-refractivity contribution in [1.29, 1.82) is 5.26 Å². The molecule has 0 N–H and O–H groups in total. The van der Waals surface area contributed by atoms with Gasteiger partial charge in [-0.3, -0.25) is 0 Å². The van der Waals surface area contributed by atoms with Crippen LogP contribution >= 0.6 is 15.9 Å². The van der Waals surface area contributed by atoms with E-state index in [0.29, 0.717) is 0 Å². The van der Waals surface area contributed by atoms with Gasteiger partial charge in [-0.1, -0.05) is 22.0 Å². The topological polar surface area (TPSA) is 27.0 Å². The third-order valence-electron chi connectivity index (χ3n) is 2.32. The molecule has 2 rings (SSSR count). The van der Waals surface area contributed by atoms with Crippen molar-refractivity contribution >= 4 is 15.9 Å². The number of halogens is 1. The Morgan fingerprint density at radius 2 is 2.23 bits per heavy atom. The third-order valence-corrected chi connectivity index (χ3v) is 2.82. The van der Waals surface area contributed by atoms with Gasteiger partial charge in [-0.15, -0.1) is 0 Å². The molecule has 0 amide bonds. The van der Waals surface area contributed by atoms with Crippen molar-refractivity contribution < 1.29 is 0 Å². The lowest BCUT2D eigenvalue weighted by atomic mass is 10.0. The molecule has 0 bridgehead atoms. The maximum absolute atomic E-state index is 8.74. The third kappa shape index (κ3) is 1.68. The first-order valence-corrected chi connectivity index (χ1v) is 5.01. The van der Waals surface area contributed by atoms with Crippen LogP contribution in [0, 0.1) is 11.5 Å². The molecule has 1 aromatic rings. The Morgan fingerprint density at radius 3 is 3.00 bits per heavy atom. The zero-order valence-electron chi connectivity index (χ0n) is 7.13. The Bertz CT molecular complexity index is 368. The largest absolute Gasteiger partial charge is 0.306 e. The SMILES string of the molecule is N#CN1CCc2cc(Br)ccc2C1. The zero-order valence-corrected chi connectivity index (χ0v) is 8.71. The van der Waals surface area contributed by atoms with Gasteiger partial charge < -0.3 is 4.90 Å². The minimum absolute atomic E-state index is 0.763. The molecule has 0 saturated carbocycles. The molecule has 13 heavy (non-hydrogen) atoms. The van der Waals surface area contributed by atoms with Crippen molar-refractivity contribution in [2.45, 2.75) is 13.0 Å². The Hall–Kier alpha value is -1.01. The van der Waals surface area contributed by atoms with E-state index in [-0.39, 0.29) is 0 Å². The standard InChI is InChI=1S/C10H9BrN2/c11-10-2-1-9-6-13(7-12)4-3-8(9)5-10/h1-2,5H,3-4,6H2. The van der Waals surface area contributed by atoms with Gasteiger partial charge in [0.25, 0.3) is 0 Å². The maximum Gasteiger partial charge on any atom is 0.179 e. The van der Waals surface area contributed by atoms with E-state index in [1.165, 1.54) is 11.1 Å². The highest BCUT2D eigenvalue weighted by molar-refractivity contribution is 9.10. The van der Waals surface area contributed by atoms with Crippen molar-refractivity contribution in [1.82, 2.24) is 4.90 Å². The van der Waals surface area contributed by atoms with Crippen molar-refractivity contribution in [2.75, 3.05) is 6.54 Å². The Labute approximate surface area is 85.9 Å². The second-order valence-electron chi connectivity index (χ2n) is 3.18. The molecule has 0 fully saturated rings. The fourth-order valence-corrected chi connectivity index (χ4v) is 2.02. The zero-order chi connectivity index (χ0) is 9.26. The van der Waals surface area contributed by atoms with Crippen molar-refractivity contribution in [2.24, 2.45) is 0 Å². The normalized spacial score (nSPS) is 14.9. The average molecular weight is 237 g/mol. The summed E-state index contributed by atoms with van der Waals surface area (Å²) in [6.45, 7) is 1.61. The number of hydrogen-bond donors (Lipinski definition) is 0. The van der Waals surface area contributed by atoms with Gasteiger partial charge in [-0.25, -0.2) is 0 Å². The van der Waals surface area contributed by atoms with Crippen LogP contribution in [0.1, 0.15) is 11.1 Å². The second-order valence-corrected chi connectivity index (χ2v) is 4.10. The highest BCUT2D eigenvalue weighted by Gasteiger charge is 2.14. The Morgan fingerprint density at radius 1 is 1.38 bits per heavy atom. The number of rotatable bonds is 0. The summed E-state index contributed by atoms with van der Waals surface area (Å²) in [6.07, 6.45) is 3.16. The molecule has 0 aromatic heterocycles. The van der Waals surface area contributed by atoms with Crippen molar-refractivity contribution in [3.8, 4) is 6.19 Å². The van der Waals surface area contributed by atoms with E-state index in [4.69, 9.17) is 5.26 Å². The molecule has 0 atom stereocenters. The van der Waals surface area contributed by atoms with E-state index in [1.807, 2.05) is 6.07 Å². The van der Waals surface area contributed by atoms with Crippen LogP contribution in [0.5, 0.6) is 0 Å². The molecule has 1 heterocycles. The van der Waals surface area contributed by atoms with Crippen LogP contribution < -0.4 is 0 Å². The van der Waals surface area contributed by atoms with Crippen LogP contribution in [-0.2, 0) is 13.0 Å². The molecule has 0 spiro atoms. The first-order valence-electron chi connectivity index (χ1n) is 4.21. The number of nitriles is 1. The Balaban J connectivity index is 2.32. The van der Waals surface area contributed by atoms with Crippen LogP contribution in [0.15, 0.2) is 22.7 Å².